The second-order valence-electron chi connectivity index (χ2n) is 3.56. The SMILES string of the molecule is NC(=O)NCCNCC(=O)N1CCCC1. The van der Waals surface area contributed by atoms with Crippen molar-refractivity contribution < 1.29 is 9.59 Å². The standard InChI is InChI=1S/C9H18N4O2/c10-9(15)12-4-3-11-7-8(14)13-5-1-2-6-13/h11H,1-7H2,(H3,10,12,15). The first-order valence-electron chi connectivity index (χ1n) is 5.22. The topological polar surface area (TPSA) is 87.5 Å². The van der Waals surface area contributed by atoms with Crippen LogP contribution >= 0.6 is 0 Å². The Balaban J connectivity index is 1.99. The van der Waals surface area contributed by atoms with Gasteiger partial charge in [0.05, 0.1) is 6.54 Å². The fraction of sp³-hybridized carbons (Fsp3) is 0.778. The molecule has 1 aliphatic heterocycles. The summed E-state index contributed by atoms with van der Waals surface area (Å²) in [7, 11) is 0. The molecule has 0 aromatic rings. The number of rotatable bonds is 5. The van der Waals surface area contributed by atoms with Gasteiger partial charge in [-0.25, -0.2) is 4.79 Å². The number of urea groups is 1. The fourth-order valence-electron chi connectivity index (χ4n) is 1.55. The Morgan fingerprint density at radius 2 is 1.87 bits per heavy atom. The molecule has 0 spiro atoms. The largest absolute Gasteiger partial charge is 0.352 e. The third-order valence-corrected chi connectivity index (χ3v) is 2.34. The first-order valence-corrected chi connectivity index (χ1v) is 5.22. The molecule has 1 fully saturated rings. The predicted molar refractivity (Wildman–Crippen MR) is 56.3 cm³/mol. The van der Waals surface area contributed by atoms with E-state index in [2.05, 4.69) is 10.6 Å². The molecule has 1 rings (SSSR count). The first kappa shape index (κ1) is 11.8. The van der Waals surface area contributed by atoms with Crippen molar-refractivity contribution in [3.63, 3.8) is 0 Å². The van der Waals surface area contributed by atoms with Gasteiger partial charge >= 0.3 is 6.03 Å². The summed E-state index contributed by atoms with van der Waals surface area (Å²) in [6.45, 7) is 3.09. The van der Waals surface area contributed by atoms with Gasteiger partial charge in [0.15, 0.2) is 0 Å². The van der Waals surface area contributed by atoms with Gasteiger partial charge in [0.2, 0.25) is 5.91 Å². The summed E-state index contributed by atoms with van der Waals surface area (Å²) in [6.07, 6.45) is 2.21. The first-order chi connectivity index (χ1) is 7.20. The molecular formula is C9H18N4O2. The summed E-state index contributed by atoms with van der Waals surface area (Å²) in [5.74, 6) is 0.131. The number of nitrogens with zero attached hydrogens (tertiary/aromatic N) is 1. The summed E-state index contributed by atoms with van der Waals surface area (Å²) in [5, 5.41) is 5.40. The van der Waals surface area contributed by atoms with Crippen molar-refractivity contribution in [2.45, 2.75) is 12.8 Å². The molecule has 6 heteroatoms. The van der Waals surface area contributed by atoms with E-state index in [1.54, 1.807) is 0 Å². The summed E-state index contributed by atoms with van der Waals surface area (Å²) in [6, 6.07) is -0.539. The summed E-state index contributed by atoms with van der Waals surface area (Å²) in [5.41, 5.74) is 4.88. The average Bonchev–Trinajstić information content (AvgIpc) is 2.69. The molecule has 0 atom stereocenters. The maximum absolute atomic E-state index is 11.5. The predicted octanol–water partition coefficient (Wildman–Crippen LogP) is -1.13. The van der Waals surface area contributed by atoms with E-state index < -0.39 is 6.03 Å². The van der Waals surface area contributed by atoms with Crippen LogP contribution in [-0.2, 0) is 4.79 Å². The third-order valence-electron chi connectivity index (χ3n) is 2.34. The van der Waals surface area contributed by atoms with E-state index >= 15 is 0 Å². The molecule has 4 N–H and O–H groups in total. The van der Waals surface area contributed by atoms with Gasteiger partial charge in [-0.15, -0.1) is 0 Å². The van der Waals surface area contributed by atoms with Crippen molar-refractivity contribution in [2.75, 3.05) is 32.7 Å². The molecule has 1 aliphatic rings. The van der Waals surface area contributed by atoms with Gasteiger partial charge in [0, 0.05) is 26.2 Å². The Hall–Kier alpha value is -1.30. The zero-order valence-electron chi connectivity index (χ0n) is 8.79. The second-order valence-corrected chi connectivity index (χ2v) is 3.56. The van der Waals surface area contributed by atoms with E-state index in [-0.39, 0.29) is 5.91 Å². The maximum Gasteiger partial charge on any atom is 0.312 e. The van der Waals surface area contributed by atoms with E-state index in [1.807, 2.05) is 4.90 Å². The van der Waals surface area contributed by atoms with Gasteiger partial charge < -0.3 is 21.3 Å². The van der Waals surface area contributed by atoms with Crippen LogP contribution in [0.4, 0.5) is 4.79 Å². The van der Waals surface area contributed by atoms with Crippen LogP contribution < -0.4 is 16.4 Å². The molecule has 86 valence electrons. The second kappa shape index (κ2) is 6.23. The minimum atomic E-state index is -0.539. The van der Waals surface area contributed by atoms with Gasteiger partial charge in [-0.05, 0) is 12.8 Å². The molecule has 3 amide bonds. The highest BCUT2D eigenvalue weighted by atomic mass is 16.2. The van der Waals surface area contributed by atoms with Gasteiger partial charge in [0.25, 0.3) is 0 Å². The molecule has 0 unspecified atom stereocenters. The molecule has 1 saturated heterocycles. The van der Waals surface area contributed by atoms with Crippen molar-refractivity contribution in [2.24, 2.45) is 5.73 Å². The highest BCUT2D eigenvalue weighted by molar-refractivity contribution is 5.78. The van der Waals surface area contributed by atoms with E-state index in [0.29, 0.717) is 19.6 Å². The highest BCUT2D eigenvalue weighted by Crippen LogP contribution is 2.06. The molecule has 1 heterocycles. The number of primary amides is 1. The third kappa shape index (κ3) is 4.64. The van der Waals surface area contributed by atoms with Crippen molar-refractivity contribution in [3.8, 4) is 0 Å². The lowest BCUT2D eigenvalue weighted by molar-refractivity contribution is -0.129. The quantitative estimate of drug-likeness (QED) is 0.506. The minimum Gasteiger partial charge on any atom is -0.352 e. The van der Waals surface area contributed by atoms with Crippen molar-refractivity contribution in [1.29, 1.82) is 0 Å². The van der Waals surface area contributed by atoms with Crippen LogP contribution in [0.5, 0.6) is 0 Å². The van der Waals surface area contributed by atoms with Gasteiger partial charge in [-0.2, -0.15) is 0 Å². The highest BCUT2D eigenvalue weighted by Gasteiger charge is 2.16. The zero-order valence-corrected chi connectivity index (χ0v) is 8.79. The normalized spacial score (nSPS) is 15.3. The van der Waals surface area contributed by atoms with Crippen LogP contribution in [0.1, 0.15) is 12.8 Å². The number of hydrogen-bond acceptors (Lipinski definition) is 3. The Labute approximate surface area is 89.2 Å². The number of carbonyl (C=O) groups is 2. The van der Waals surface area contributed by atoms with Crippen molar-refractivity contribution in [1.82, 2.24) is 15.5 Å². The van der Waals surface area contributed by atoms with E-state index in [1.165, 1.54) is 0 Å². The number of hydrogen-bond donors (Lipinski definition) is 3. The lowest BCUT2D eigenvalue weighted by Crippen LogP contribution is -2.40. The van der Waals surface area contributed by atoms with Crippen molar-refractivity contribution >= 4 is 11.9 Å². The van der Waals surface area contributed by atoms with Gasteiger partial charge in [0.1, 0.15) is 0 Å². The lowest BCUT2D eigenvalue weighted by atomic mass is 10.4. The molecule has 0 aromatic carbocycles. The molecular weight excluding hydrogens is 196 g/mol. The number of nitrogens with two attached hydrogens (primary N) is 1. The van der Waals surface area contributed by atoms with Crippen LogP contribution in [0.25, 0.3) is 0 Å². The van der Waals surface area contributed by atoms with Crippen LogP contribution in [0.15, 0.2) is 0 Å². The molecule has 0 aliphatic carbocycles. The number of likely N-dealkylation sites (tertiary alicyclic amines) is 1. The van der Waals surface area contributed by atoms with E-state index in [0.717, 1.165) is 25.9 Å². The minimum absolute atomic E-state index is 0.131. The Bertz CT molecular complexity index is 226. The smallest absolute Gasteiger partial charge is 0.312 e. The van der Waals surface area contributed by atoms with Crippen LogP contribution in [-0.4, -0.2) is 49.6 Å². The summed E-state index contributed by atoms with van der Waals surface area (Å²) in [4.78, 5) is 23.7. The Kier molecular flexibility index (Phi) is 4.89. The monoisotopic (exact) mass is 214 g/mol. The average molecular weight is 214 g/mol. The molecule has 0 aromatic heterocycles. The summed E-state index contributed by atoms with van der Waals surface area (Å²) < 4.78 is 0. The maximum atomic E-state index is 11.5. The Morgan fingerprint density at radius 1 is 1.20 bits per heavy atom. The zero-order chi connectivity index (χ0) is 11.1. The van der Waals surface area contributed by atoms with E-state index in [9.17, 15) is 9.59 Å². The van der Waals surface area contributed by atoms with Crippen LogP contribution in [0.3, 0.4) is 0 Å². The fourth-order valence-corrected chi connectivity index (χ4v) is 1.55. The number of amides is 3. The number of carbonyl (C=O) groups excluding carboxylic acids is 2. The molecule has 0 saturated carbocycles. The molecule has 0 bridgehead atoms. The van der Waals surface area contributed by atoms with Crippen LogP contribution in [0, 0.1) is 0 Å². The molecule has 15 heavy (non-hydrogen) atoms. The van der Waals surface area contributed by atoms with Crippen LogP contribution in [0.2, 0.25) is 0 Å². The molecule has 0 radical (unpaired) electrons. The summed E-state index contributed by atoms with van der Waals surface area (Å²) >= 11 is 0. The van der Waals surface area contributed by atoms with Gasteiger partial charge in [-0.1, -0.05) is 0 Å². The number of nitrogens with one attached hydrogen (secondary N) is 2. The van der Waals surface area contributed by atoms with E-state index in [4.69, 9.17) is 5.73 Å². The Morgan fingerprint density at radius 3 is 2.47 bits per heavy atom. The lowest BCUT2D eigenvalue weighted by Gasteiger charge is -2.15. The molecule has 6 nitrogen and oxygen atoms in total. The van der Waals surface area contributed by atoms with Crippen molar-refractivity contribution in [3.05, 3.63) is 0 Å². The van der Waals surface area contributed by atoms with Gasteiger partial charge in [-0.3, -0.25) is 4.79 Å².